The molecule has 0 aliphatic rings. The van der Waals surface area contributed by atoms with Crippen molar-refractivity contribution in [1.82, 2.24) is 0 Å². The van der Waals surface area contributed by atoms with E-state index in [1.807, 2.05) is 6.07 Å². The largest absolute Gasteiger partial charge is 0.395 e. The molecule has 80 valence electrons. The molecule has 0 aliphatic heterocycles. The summed E-state index contributed by atoms with van der Waals surface area (Å²) in [7, 11) is -3.70. The number of primary sulfonamides is 1. The molecule has 0 radical (unpaired) electrons. The van der Waals surface area contributed by atoms with Crippen molar-refractivity contribution in [2.45, 2.75) is 10.8 Å². The molecule has 0 fully saturated rings. The van der Waals surface area contributed by atoms with E-state index in [2.05, 4.69) is 0 Å². The Balaban J connectivity index is 3.06. The van der Waals surface area contributed by atoms with Crippen LogP contribution in [0.3, 0.4) is 0 Å². The summed E-state index contributed by atoms with van der Waals surface area (Å²) in [6, 6.07) is 7.44. The van der Waals surface area contributed by atoms with Gasteiger partial charge in [-0.05, 0) is 17.7 Å². The fourth-order valence-electron chi connectivity index (χ4n) is 1.11. The quantitative estimate of drug-likeness (QED) is 0.752. The normalized spacial score (nSPS) is 13.1. The van der Waals surface area contributed by atoms with Crippen molar-refractivity contribution < 1.29 is 13.5 Å². The van der Waals surface area contributed by atoms with Crippen molar-refractivity contribution in [2.24, 2.45) is 5.14 Å². The third-order valence-corrected chi connectivity index (χ3v) is 2.88. The molecule has 0 spiro atoms. The van der Waals surface area contributed by atoms with Crippen molar-refractivity contribution in [1.29, 1.82) is 5.26 Å². The lowest BCUT2D eigenvalue weighted by molar-refractivity contribution is 0.286. The summed E-state index contributed by atoms with van der Waals surface area (Å²) in [4.78, 5) is -0.0131. The van der Waals surface area contributed by atoms with Gasteiger partial charge in [-0.25, -0.2) is 13.6 Å². The molecule has 1 rings (SSSR count). The fourth-order valence-corrected chi connectivity index (χ4v) is 1.63. The molecule has 0 saturated carbocycles. The molecule has 15 heavy (non-hydrogen) atoms. The maximum Gasteiger partial charge on any atom is 0.238 e. The average Bonchev–Trinajstić information content (AvgIpc) is 2.19. The number of benzene rings is 1. The molecule has 3 N–H and O–H groups in total. The molecular weight excluding hydrogens is 216 g/mol. The first-order valence-corrected chi connectivity index (χ1v) is 5.67. The van der Waals surface area contributed by atoms with Gasteiger partial charge in [0.1, 0.15) is 0 Å². The molecule has 0 bridgehead atoms. The van der Waals surface area contributed by atoms with E-state index in [1.54, 1.807) is 0 Å². The van der Waals surface area contributed by atoms with Crippen molar-refractivity contribution in [3.8, 4) is 6.07 Å². The zero-order valence-corrected chi connectivity index (χ0v) is 8.61. The number of hydrogen-bond acceptors (Lipinski definition) is 4. The molecule has 1 aromatic carbocycles. The Labute approximate surface area is 87.8 Å². The molecule has 0 saturated heterocycles. The van der Waals surface area contributed by atoms with Gasteiger partial charge >= 0.3 is 0 Å². The van der Waals surface area contributed by atoms with Gasteiger partial charge in [0.2, 0.25) is 10.0 Å². The second kappa shape index (κ2) is 4.40. The van der Waals surface area contributed by atoms with E-state index in [-0.39, 0.29) is 11.5 Å². The lowest BCUT2D eigenvalue weighted by atomic mass is 10.0. The number of hydrogen-bond donors (Lipinski definition) is 2. The summed E-state index contributed by atoms with van der Waals surface area (Å²) in [6.07, 6.45) is 0. The van der Waals surface area contributed by atoms with Crippen LogP contribution in [0, 0.1) is 11.3 Å². The van der Waals surface area contributed by atoms with Crippen LogP contribution in [0.1, 0.15) is 11.5 Å². The summed E-state index contributed by atoms with van der Waals surface area (Å²) in [5, 5.41) is 22.4. The Morgan fingerprint density at radius 1 is 1.40 bits per heavy atom. The minimum Gasteiger partial charge on any atom is -0.395 e. The number of nitrogens with two attached hydrogens (primary N) is 1. The van der Waals surface area contributed by atoms with Gasteiger partial charge in [0.25, 0.3) is 0 Å². The highest BCUT2D eigenvalue weighted by Crippen LogP contribution is 2.16. The highest BCUT2D eigenvalue weighted by atomic mass is 32.2. The molecule has 0 heterocycles. The Morgan fingerprint density at radius 3 is 2.27 bits per heavy atom. The monoisotopic (exact) mass is 226 g/mol. The molecule has 0 aromatic heterocycles. The van der Waals surface area contributed by atoms with Gasteiger partial charge in [0.05, 0.1) is 23.5 Å². The van der Waals surface area contributed by atoms with Gasteiger partial charge in [0.15, 0.2) is 0 Å². The van der Waals surface area contributed by atoms with Gasteiger partial charge in [-0.3, -0.25) is 0 Å². The minimum atomic E-state index is -3.70. The molecule has 0 amide bonds. The van der Waals surface area contributed by atoms with Crippen LogP contribution in [0.25, 0.3) is 0 Å². The van der Waals surface area contributed by atoms with Crippen LogP contribution in [-0.4, -0.2) is 20.1 Å². The van der Waals surface area contributed by atoms with Gasteiger partial charge < -0.3 is 5.11 Å². The van der Waals surface area contributed by atoms with Crippen LogP contribution < -0.4 is 5.14 Å². The van der Waals surface area contributed by atoms with Crippen LogP contribution in [0.5, 0.6) is 0 Å². The molecule has 0 aliphatic carbocycles. The highest BCUT2D eigenvalue weighted by molar-refractivity contribution is 7.89. The highest BCUT2D eigenvalue weighted by Gasteiger charge is 2.11. The van der Waals surface area contributed by atoms with Crippen LogP contribution in [0.15, 0.2) is 29.2 Å². The summed E-state index contributed by atoms with van der Waals surface area (Å²) < 4.78 is 21.8. The van der Waals surface area contributed by atoms with Crippen LogP contribution in [0.2, 0.25) is 0 Å². The van der Waals surface area contributed by atoms with Crippen molar-refractivity contribution in [2.75, 3.05) is 6.61 Å². The number of nitrogens with zero attached hydrogens (tertiary/aromatic N) is 1. The topological polar surface area (TPSA) is 104 Å². The summed E-state index contributed by atoms with van der Waals surface area (Å²) in [6.45, 7) is -0.300. The third kappa shape index (κ3) is 2.76. The number of rotatable bonds is 3. The smallest absolute Gasteiger partial charge is 0.238 e. The first-order valence-electron chi connectivity index (χ1n) is 4.12. The third-order valence-electron chi connectivity index (χ3n) is 1.95. The maximum absolute atomic E-state index is 10.9. The number of sulfonamides is 1. The lowest BCUT2D eigenvalue weighted by Gasteiger charge is -2.05. The van der Waals surface area contributed by atoms with Gasteiger partial charge in [0, 0.05) is 0 Å². The number of aliphatic hydroxyl groups is 1. The number of aliphatic hydroxyl groups excluding tert-OH is 1. The zero-order chi connectivity index (χ0) is 11.5. The summed E-state index contributed by atoms with van der Waals surface area (Å²) >= 11 is 0. The van der Waals surface area contributed by atoms with E-state index >= 15 is 0 Å². The molecule has 1 unspecified atom stereocenters. The minimum absolute atomic E-state index is 0.0131. The molecule has 1 aromatic rings. The van der Waals surface area contributed by atoms with E-state index < -0.39 is 15.9 Å². The van der Waals surface area contributed by atoms with Gasteiger partial charge in [-0.2, -0.15) is 5.26 Å². The van der Waals surface area contributed by atoms with E-state index in [0.717, 1.165) is 0 Å². The molecule has 6 heteroatoms. The van der Waals surface area contributed by atoms with E-state index in [9.17, 15) is 8.42 Å². The predicted molar refractivity (Wildman–Crippen MR) is 53.3 cm³/mol. The Bertz CT molecular complexity index is 473. The van der Waals surface area contributed by atoms with Crippen LogP contribution >= 0.6 is 0 Å². The molecule has 5 nitrogen and oxygen atoms in total. The maximum atomic E-state index is 10.9. The van der Waals surface area contributed by atoms with Crippen LogP contribution in [0.4, 0.5) is 0 Å². The zero-order valence-electron chi connectivity index (χ0n) is 7.79. The predicted octanol–water partition coefficient (Wildman–Crippen LogP) is -0.0665. The SMILES string of the molecule is N#CC(CO)c1ccc(S(N)(=O)=O)cc1. The Hall–Kier alpha value is -1.42. The van der Waals surface area contributed by atoms with Crippen molar-refractivity contribution in [3.63, 3.8) is 0 Å². The first kappa shape index (κ1) is 11.7. The van der Waals surface area contributed by atoms with Gasteiger partial charge in [-0.1, -0.05) is 12.1 Å². The van der Waals surface area contributed by atoms with E-state index in [0.29, 0.717) is 5.56 Å². The average molecular weight is 226 g/mol. The summed E-state index contributed by atoms with van der Waals surface area (Å²) in [5.41, 5.74) is 0.562. The van der Waals surface area contributed by atoms with Crippen LogP contribution in [-0.2, 0) is 10.0 Å². The first-order chi connectivity index (χ1) is 6.99. The lowest BCUT2D eigenvalue weighted by Crippen LogP contribution is -2.12. The fraction of sp³-hybridized carbons (Fsp3) is 0.222. The Kier molecular flexibility index (Phi) is 3.42. The summed E-state index contributed by atoms with van der Waals surface area (Å²) in [5.74, 6) is -0.639. The standard InChI is InChI=1S/C9H10N2O3S/c10-5-8(6-12)7-1-3-9(4-2-7)15(11,13)14/h1-4,8,12H,6H2,(H2,11,13,14). The molecule has 1 atom stereocenters. The van der Waals surface area contributed by atoms with Crippen molar-refractivity contribution in [3.05, 3.63) is 29.8 Å². The van der Waals surface area contributed by atoms with E-state index in [1.165, 1.54) is 24.3 Å². The Morgan fingerprint density at radius 2 is 1.93 bits per heavy atom. The second-order valence-corrected chi connectivity index (χ2v) is 4.54. The number of nitriles is 1. The van der Waals surface area contributed by atoms with Gasteiger partial charge in [-0.15, -0.1) is 0 Å². The van der Waals surface area contributed by atoms with Crippen molar-refractivity contribution >= 4 is 10.0 Å². The van der Waals surface area contributed by atoms with E-state index in [4.69, 9.17) is 15.5 Å². The molecular formula is C9H10N2O3S. The second-order valence-electron chi connectivity index (χ2n) is 2.98.